The van der Waals surface area contributed by atoms with Gasteiger partial charge in [0.1, 0.15) is 0 Å². The second kappa shape index (κ2) is 27.6. The van der Waals surface area contributed by atoms with Gasteiger partial charge in [-0.3, -0.25) is 0 Å². The Bertz CT molecular complexity index is 403. The van der Waals surface area contributed by atoms with Crippen molar-refractivity contribution >= 4 is 23.9 Å². The van der Waals surface area contributed by atoms with Crippen LogP contribution in [0.2, 0.25) is 0 Å². The van der Waals surface area contributed by atoms with Crippen molar-refractivity contribution in [1.29, 1.82) is 0 Å². The number of aliphatic carboxylic acids is 4. The summed E-state index contributed by atoms with van der Waals surface area (Å²) in [7, 11) is 0. The maximum absolute atomic E-state index is 9.34. The normalized spacial score (nSPS) is 12.7. The van der Waals surface area contributed by atoms with Crippen molar-refractivity contribution < 1.29 is 86.2 Å². The monoisotopic (exact) mass is 547 g/mol. The molecule has 0 radical (unpaired) electrons. The van der Waals surface area contributed by atoms with Crippen LogP contribution < -0.4 is 25.7 Å². The van der Waals surface area contributed by atoms with Crippen molar-refractivity contribution in [2.24, 2.45) is 0 Å². The molecular formula is C18H35NO12Zr. The molecule has 0 aliphatic rings. The Morgan fingerprint density at radius 2 is 0.594 bits per heavy atom. The number of hydrogen-bond donors (Lipinski definition) is 5. The maximum atomic E-state index is 9.34. The van der Waals surface area contributed by atoms with Crippen LogP contribution in [0.15, 0.2) is 0 Å². The Morgan fingerprint density at radius 3 is 0.594 bits per heavy atom. The smallest absolute Gasteiger partial charge is 0.547 e. The number of aliphatic hydroxyl groups excluding tert-OH is 4. The molecule has 4 atom stereocenters. The number of rotatable bonds is 6. The summed E-state index contributed by atoms with van der Waals surface area (Å²) in [5.41, 5.74) is 0. The zero-order valence-electron chi connectivity index (χ0n) is 19.5. The molecule has 5 N–H and O–H groups in total. The molecule has 0 aromatic heterocycles. The van der Waals surface area contributed by atoms with E-state index in [-0.39, 0.29) is 26.2 Å². The minimum absolute atomic E-state index is 0. The summed E-state index contributed by atoms with van der Waals surface area (Å²) in [6.07, 6.45) is -5.37. The molecule has 0 aromatic rings. The van der Waals surface area contributed by atoms with Crippen LogP contribution in [0.4, 0.5) is 0 Å². The summed E-state index contributed by atoms with van der Waals surface area (Å²) in [4.78, 5) is 37.4. The molecule has 0 amide bonds. The van der Waals surface area contributed by atoms with Gasteiger partial charge in [-0.2, -0.15) is 0 Å². The van der Waals surface area contributed by atoms with E-state index in [4.69, 9.17) is 20.4 Å². The average molecular weight is 549 g/mol. The van der Waals surface area contributed by atoms with Crippen LogP contribution in [0.5, 0.6) is 0 Å². The molecule has 0 aliphatic carbocycles. The Morgan fingerprint density at radius 1 is 0.500 bits per heavy atom. The number of nitrogens with one attached hydrogen (secondary N) is 1. The van der Waals surface area contributed by atoms with E-state index >= 15 is 0 Å². The van der Waals surface area contributed by atoms with Gasteiger partial charge < -0.3 is 65.3 Å². The molecular weight excluding hydrogens is 513 g/mol. The van der Waals surface area contributed by atoms with E-state index in [1.165, 1.54) is 0 Å². The summed E-state index contributed by atoms with van der Waals surface area (Å²) in [5.74, 6) is -5.74. The Kier molecular flexibility index (Phi) is 38.2. The van der Waals surface area contributed by atoms with Gasteiger partial charge in [-0.05, 0) is 27.7 Å². The third kappa shape index (κ3) is 63.0. The maximum Gasteiger partial charge on any atom is 4.00 e. The molecule has 0 heterocycles. The van der Waals surface area contributed by atoms with E-state index in [1.54, 1.807) is 0 Å². The van der Waals surface area contributed by atoms with Crippen molar-refractivity contribution in [3.8, 4) is 0 Å². The zero-order valence-corrected chi connectivity index (χ0v) is 22.0. The van der Waals surface area contributed by atoms with E-state index in [0.29, 0.717) is 12.1 Å². The molecule has 4 unspecified atom stereocenters. The van der Waals surface area contributed by atoms with Crippen LogP contribution in [0.1, 0.15) is 55.4 Å². The van der Waals surface area contributed by atoms with Crippen LogP contribution in [0.3, 0.4) is 0 Å². The van der Waals surface area contributed by atoms with Gasteiger partial charge in [0.15, 0.2) is 0 Å². The SMILES string of the molecule is CC(C)NC(C)C.CC(O)C(=O)[O-].CC(O)C(=O)[O-].CC(O)C(=O)[O-].CC(O)C(=O)[O-].[Zr+4]. The molecule has 13 nitrogen and oxygen atoms in total. The Labute approximate surface area is 207 Å². The van der Waals surface area contributed by atoms with E-state index < -0.39 is 48.3 Å². The van der Waals surface area contributed by atoms with Gasteiger partial charge >= 0.3 is 26.2 Å². The van der Waals surface area contributed by atoms with E-state index in [9.17, 15) is 39.6 Å². The topological polar surface area (TPSA) is 253 Å². The van der Waals surface area contributed by atoms with Gasteiger partial charge in [0.2, 0.25) is 0 Å². The molecule has 0 aliphatic heterocycles. The number of aliphatic hydroxyl groups is 4. The summed E-state index contributed by atoms with van der Waals surface area (Å²) in [5, 5.41) is 72.5. The van der Waals surface area contributed by atoms with Gasteiger partial charge in [-0.25, -0.2) is 0 Å². The minimum Gasteiger partial charge on any atom is -0.547 e. The van der Waals surface area contributed by atoms with E-state index in [0.717, 1.165) is 27.7 Å². The molecule has 188 valence electrons. The van der Waals surface area contributed by atoms with Crippen LogP contribution in [0, 0.1) is 0 Å². The van der Waals surface area contributed by atoms with Crippen LogP contribution in [0.25, 0.3) is 0 Å². The molecule has 0 saturated carbocycles. The number of carbonyl (C=O) groups is 4. The summed E-state index contributed by atoms with van der Waals surface area (Å²) < 4.78 is 0. The quantitative estimate of drug-likeness (QED) is 0.207. The summed E-state index contributed by atoms with van der Waals surface area (Å²) in [6.45, 7) is 13.1. The number of carboxylic acids is 4. The predicted molar refractivity (Wildman–Crippen MR) is 100 cm³/mol. The van der Waals surface area contributed by atoms with Crippen molar-refractivity contribution in [3.05, 3.63) is 0 Å². The first-order valence-corrected chi connectivity index (χ1v) is 9.02. The van der Waals surface area contributed by atoms with Gasteiger partial charge in [0.05, 0.1) is 48.3 Å². The molecule has 14 heteroatoms. The second-order valence-electron chi connectivity index (χ2n) is 6.46. The first kappa shape index (κ1) is 44.3. The standard InChI is InChI=1S/C6H15N.4C3H6O3.Zr/c1-5(2)7-6(3)4;4*1-2(4)3(5)6;/h5-7H,1-4H3;4*2,4H,1H3,(H,5,6);/q;;;;;+4/p-4. The van der Waals surface area contributed by atoms with Crippen molar-refractivity contribution in [2.75, 3.05) is 0 Å². The summed E-state index contributed by atoms with van der Waals surface area (Å²) >= 11 is 0. The fourth-order valence-electron chi connectivity index (χ4n) is 0.667. The van der Waals surface area contributed by atoms with Crippen LogP contribution in [-0.2, 0) is 45.4 Å². The van der Waals surface area contributed by atoms with Gasteiger partial charge in [-0.15, -0.1) is 0 Å². The van der Waals surface area contributed by atoms with Crippen molar-refractivity contribution in [3.63, 3.8) is 0 Å². The largest absolute Gasteiger partial charge is 4.00 e. The predicted octanol–water partition coefficient (Wildman–Crippen LogP) is -6.14. The number of carboxylic acid groups (broad SMARTS) is 4. The zero-order chi connectivity index (χ0) is 26.5. The molecule has 0 rings (SSSR count). The van der Waals surface area contributed by atoms with Crippen molar-refractivity contribution in [1.82, 2.24) is 5.32 Å². The van der Waals surface area contributed by atoms with Crippen LogP contribution in [-0.4, -0.2) is 80.8 Å². The van der Waals surface area contributed by atoms with E-state index in [1.807, 2.05) is 0 Å². The average Bonchev–Trinajstić information content (AvgIpc) is 2.55. The Balaban J connectivity index is -0.0000000656. The summed E-state index contributed by atoms with van der Waals surface area (Å²) in [6, 6.07) is 1.25. The fraction of sp³-hybridized carbons (Fsp3) is 0.778. The third-order valence-electron chi connectivity index (χ3n) is 2.03. The van der Waals surface area contributed by atoms with Crippen LogP contribution >= 0.6 is 0 Å². The number of carbonyl (C=O) groups excluding carboxylic acids is 4. The number of hydrogen-bond acceptors (Lipinski definition) is 13. The first-order valence-electron chi connectivity index (χ1n) is 9.02. The third-order valence-corrected chi connectivity index (χ3v) is 2.03. The molecule has 0 fully saturated rings. The molecule has 0 bridgehead atoms. The van der Waals surface area contributed by atoms with Gasteiger partial charge in [-0.1, -0.05) is 27.7 Å². The fourth-order valence-corrected chi connectivity index (χ4v) is 0.667. The molecule has 0 aromatic carbocycles. The van der Waals surface area contributed by atoms with Crippen molar-refractivity contribution in [2.45, 2.75) is 91.9 Å². The van der Waals surface area contributed by atoms with Gasteiger partial charge in [0, 0.05) is 12.1 Å². The van der Waals surface area contributed by atoms with E-state index in [2.05, 4.69) is 33.0 Å². The second-order valence-corrected chi connectivity index (χ2v) is 6.46. The molecule has 32 heavy (non-hydrogen) atoms. The first-order chi connectivity index (χ1) is 13.7. The Hall–Kier alpha value is -1.44. The molecule has 0 saturated heterocycles. The van der Waals surface area contributed by atoms with Gasteiger partial charge in [0.25, 0.3) is 0 Å². The minimum atomic E-state index is -1.44. The molecule has 0 spiro atoms.